The third kappa shape index (κ3) is 4.82. The van der Waals surface area contributed by atoms with Crippen molar-refractivity contribution in [3.8, 4) is 0 Å². The van der Waals surface area contributed by atoms with Crippen molar-refractivity contribution in [2.45, 2.75) is 11.8 Å². The van der Waals surface area contributed by atoms with Crippen LogP contribution in [0.2, 0.25) is 15.1 Å². The lowest BCUT2D eigenvalue weighted by Gasteiger charge is -2.08. The van der Waals surface area contributed by atoms with Crippen LogP contribution in [0, 0.1) is 6.92 Å². The van der Waals surface area contributed by atoms with Gasteiger partial charge in [-0.3, -0.25) is 4.79 Å². The molecule has 0 aliphatic carbocycles. The zero-order valence-corrected chi connectivity index (χ0v) is 14.2. The zero-order valence-electron chi connectivity index (χ0n) is 11.1. The first kappa shape index (κ1) is 16.5. The van der Waals surface area contributed by atoms with Crippen molar-refractivity contribution in [1.82, 2.24) is 0 Å². The van der Waals surface area contributed by atoms with Crippen LogP contribution in [0.5, 0.6) is 0 Å². The van der Waals surface area contributed by atoms with Crippen molar-refractivity contribution in [3.05, 3.63) is 57.0 Å². The van der Waals surface area contributed by atoms with E-state index in [1.54, 1.807) is 30.3 Å². The van der Waals surface area contributed by atoms with Gasteiger partial charge in [-0.15, -0.1) is 11.8 Å². The van der Waals surface area contributed by atoms with Crippen LogP contribution < -0.4 is 5.32 Å². The second-order valence-corrected chi connectivity index (χ2v) is 6.66. The summed E-state index contributed by atoms with van der Waals surface area (Å²) in [6, 6.07) is 10.6. The van der Waals surface area contributed by atoms with E-state index in [1.165, 1.54) is 11.8 Å². The summed E-state index contributed by atoms with van der Waals surface area (Å²) < 4.78 is 0. The number of carbonyl (C=O) groups excluding carboxylic acids is 1. The minimum Gasteiger partial charge on any atom is -0.324 e. The Morgan fingerprint density at radius 2 is 1.86 bits per heavy atom. The van der Waals surface area contributed by atoms with Crippen LogP contribution in [-0.2, 0) is 4.79 Å². The number of hydrogen-bond donors (Lipinski definition) is 1. The van der Waals surface area contributed by atoms with E-state index in [4.69, 9.17) is 34.8 Å². The largest absolute Gasteiger partial charge is 0.324 e. The van der Waals surface area contributed by atoms with E-state index >= 15 is 0 Å². The van der Waals surface area contributed by atoms with Crippen molar-refractivity contribution < 1.29 is 4.79 Å². The molecule has 0 saturated carbocycles. The third-order valence-electron chi connectivity index (χ3n) is 2.65. The molecular formula is C15H12Cl3NOS. The predicted molar refractivity (Wildman–Crippen MR) is 92.0 cm³/mol. The molecule has 1 N–H and O–H groups in total. The summed E-state index contributed by atoms with van der Waals surface area (Å²) in [6.45, 7) is 1.94. The van der Waals surface area contributed by atoms with Gasteiger partial charge in [-0.05, 0) is 42.8 Å². The first-order valence-corrected chi connectivity index (χ1v) is 8.21. The summed E-state index contributed by atoms with van der Waals surface area (Å²) in [5, 5.41) is 4.46. The predicted octanol–water partition coefficient (Wildman–Crippen LogP) is 5.69. The smallest absolute Gasteiger partial charge is 0.234 e. The SMILES string of the molecule is Cc1ccc(NC(=O)CSc2cc(Cl)ccc2Cl)c(Cl)c1. The number of carbonyl (C=O) groups is 1. The fourth-order valence-corrected chi connectivity index (χ4v) is 3.21. The van der Waals surface area contributed by atoms with E-state index in [1.807, 2.05) is 13.0 Å². The number of aryl methyl sites for hydroxylation is 1. The van der Waals surface area contributed by atoms with Gasteiger partial charge in [0.2, 0.25) is 5.91 Å². The van der Waals surface area contributed by atoms with Crippen molar-refractivity contribution in [2.24, 2.45) is 0 Å². The highest BCUT2D eigenvalue weighted by molar-refractivity contribution is 8.00. The number of anilines is 1. The van der Waals surface area contributed by atoms with Gasteiger partial charge in [-0.1, -0.05) is 40.9 Å². The molecule has 2 aromatic rings. The molecule has 0 saturated heterocycles. The summed E-state index contributed by atoms with van der Waals surface area (Å²) >= 11 is 19.4. The monoisotopic (exact) mass is 359 g/mol. The first-order chi connectivity index (χ1) is 9.95. The third-order valence-corrected chi connectivity index (χ3v) is 4.70. The normalized spacial score (nSPS) is 10.5. The Balaban J connectivity index is 1.97. The van der Waals surface area contributed by atoms with Crippen LogP contribution >= 0.6 is 46.6 Å². The van der Waals surface area contributed by atoms with Crippen molar-refractivity contribution in [2.75, 3.05) is 11.1 Å². The molecule has 0 atom stereocenters. The van der Waals surface area contributed by atoms with E-state index in [0.29, 0.717) is 20.8 Å². The Morgan fingerprint density at radius 1 is 1.10 bits per heavy atom. The molecule has 110 valence electrons. The lowest BCUT2D eigenvalue weighted by Crippen LogP contribution is -2.14. The molecule has 0 aromatic heterocycles. The first-order valence-electron chi connectivity index (χ1n) is 6.09. The summed E-state index contributed by atoms with van der Waals surface area (Å²) in [5.41, 5.74) is 1.64. The topological polar surface area (TPSA) is 29.1 Å². The van der Waals surface area contributed by atoms with Crippen LogP contribution in [0.3, 0.4) is 0 Å². The molecule has 2 nitrogen and oxygen atoms in total. The molecule has 2 aromatic carbocycles. The zero-order chi connectivity index (χ0) is 15.4. The molecule has 2 rings (SSSR count). The number of nitrogens with one attached hydrogen (secondary N) is 1. The van der Waals surface area contributed by atoms with Crippen LogP contribution in [0.1, 0.15) is 5.56 Å². The molecule has 0 bridgehead atoms. The minimum atomic E-state index is -0.151. The van der Waals surface area contributed by atoms with E-state index in [-0.39, 0.29) is 11.7 Å². The highest BCUT2D eigenvalue weighted by Crippen LogP contribution is 2.30. The summed E-state index contributed by atoms with van der Waals surface area (Å²) in [7, 11) is 0. The van der Waals surface area contributed by atoms with Crippen LogP contribution in [0.15, 0.2) is 41.3 Å². The molecule has 6 heteroatoms. The molecule has 0 radical (unpaired) electrons. The second-order valence-electron chi connectivity index (χ2n) is 4.39. The van der Waals surface area contributed by atoms with Gasteiger partial charge in [-0.25, -0.2) is 0 Å². The molecule has 0 spiro atoms. The maximum Gasteiger partial charge on any atom is 0.234 e. The molecule has 21 heavy (non-hydrogen) atoms. The van der Waals surface area contributed by atoms with Gasteiger partial charge < -0.3 is 5.32 Å². The summed E-state index contributed by atoms with van der Waals surface area (Å²) in [5.74, 6) is 0.0753. The molecule has 1 amide bonds. The number of rotatable bonds is 4. The van der Waals surface area contributed by atoms with Gasteiger partial charge in [-0.2, -0.15) is 0 Å². The molecular weight excluding hydrogens is 349 g/mol. The van der Waals surface area contributed by atoms with Crippen LogP contribution in [0.4, 0.5) is 5.69 Å². The molecule has 0 unspecified atom stereocenters. The number of benzene rings is 2. The standard InChI is InChI=1S/C15H12Cl3NOS/c1-9-2-5-13(12(18)6-9)19-15(20)8-21-14-7-10(16)3-4-11(14)17/h2-7H,8H2,1H3,(H,19,20). The minimum absolute atomic E-state index is 0.151. The summed E-state index contributed by atoms with van der Waals surface area (Å²) in [6.07, 6.45) is 0. The second kappa shape index (κ2) is 7.41. The van der Waals surface area contributed by atoms with E-state index < -0.39 is 0 Å². The Hall–Kier alpha value is -0.870. The van der Waals surface area contributed by atoms with Crippen molar-refractivity contribution in [3.63, 3.8) is 0 Å². The average molecular weight is 361 g/mol. The molecule has 0 heterocycles. The fourth-order valence-electron chi connectivity index (χ4n) is 1.64. The van der Waals surface area contributed by atoms with Gasteiger partial charge in [0.25, 0.3) is 0 Å². The number of amides is 1. The number of hydrogen-bond acceptors (Lipinski definition) is 2. The van der Waals surface area contributed by atoms with Gasteiger partial charge >= 0.3 is 0 Å². The lowest BCUT2D eigenvalue weighted by molar-refractivity contribution is -0.113. The molecule has 0 aliphatic heterocycles. The van der Waals surface area contributed by atoms with Crippen molar-refractivity contribution in [1.29, 1.82) is 0 Å². The van der Waals surface area contributed by atoms with Gasteiger partial charge in [0.15, 0.2) is 0 Å². The van der Waals surface area contributed by atoms with Crippen molar-refractivity contribution >= 4 is 58.2 Å². The highest BCUT2D eigenvalue weighted by Gasteiger charge is 2.09. The Bertz CT molecular complexity index is 676. The lowest BCUT2D eigenvalue weighted by atomic mass is 10.2. The Morgan fingerprint density at radius 3 is 2.57 bits per heavy atom. The highest BCUT2D eigenvalue weighted by atomic mass is 35.5. The Labute approximate surface area is 142 Å². The quantitative estimate of drug-likeness (QED) is 0.710. The molecule has 0 fully saturated rings. The van der Waals surface area contributed by atoms with Gasteiger partial charge in [0.05, 0.1) is 21.5 Å². The van der Waals surface area contributed by atoms with Gasteiger partial charge in [0.1, 0.15) is 0 Å². The van der Waals surface area contributed by atoms with E-state index in [9.17, 15) is 4.79 Å². The number of halogens is 3. The Kier molecular flexibility index (Phi) is 5.82. The molecule has 0 aliphatic rings. The van der Waals surface area contributed by atoms with Crippen LogP contribution in [-0.4, -0.2) is 11.7 Å². The average Bonchev–Trinajstić information content (AvgIpc) is 2.43. The van der Waals surface area contributed by atoms with E-state index in [2.05, 4.69) is 5.32 Å². The number of thioether (sulfide) groups is 1. The van der Waals surface area contributed by atoms with E-state index in [0.717, 1.165) is 10.5 Å². The maximum absolute atomic E-state index is 12.0. The fraction of sp³-hybridized carbons (Fsp3) is 0.133. The van der Waals surface area contributed by atoms with Gasteiger partial charge in [0, 0.05) is 9.92 Å². The summed E-state index contributed by atoms with van der Waals surface area (Å²) in [4.78, 5) is 12.7. The maximum atomic E-state index is 12.0. The van der Waals surface area contributed by atoms with Crippen LogP contribution in [0.25, 0.3) is 0 Å².